The molecule has 1 heterocycles. The second kappa shape index (κ2) is 6.33. The number of β-amino-alcohol motifs (C(OH)–C–C–N with tert-alkyl or cyclic N) is 1. The Bertz CT molecular complexity index is 243. The van der Waals surface area contributed by atoms with E-state index in [1.807, 2.05) is 25.8 Å². The number of amides is 1. The smallest absolute Gasteiger partial charge is 0.223 e. The standard InChI is InChI=1S/C12H25N3O2/c1-12(2,17)10-14-6-8-15(9-7-14)11(16)4-5-13-3/h13,17H,4-10H2,1-3H3. The third kappa shape index (κ3) is 5.48. The maximum atomic E-state index is 11.8. The molecule has 0 aromatic rings. The number of carbonyl (C=O) groups excluding carboxylic acids is 1. The van der Waals surface area contributed by atoms with Gasteiger partial charge in [0.05, 0.1) is 5.60 Å². The molecule has 2 N–H and O–H groups in total. The molecule has 0 aromatic carbocycles. The highest BCUT2D eigenvalue weighted by molar-refractivity contribution is 5.76. The van der Waals surface area contributed by atoms with E-state index in [1.54, 1.807) is 0 Å². The van der Waals surface area contributed by atoms with Crippen molar-refractivity contribution >= 4 is 5.91 Å². The van der Waals surface area contributed by atoms with Gasteiger partial charge >= 0.3 is 0 Å². The second-order valence-electron chi connectivity index (χ2n) is 5.32. The van der Waals surface area contributed by atoms with Crippen molar-refractivity contribution in [2.75, 3.05) is 46.3 Å². The molecule has 0 saturated carbocycles. The lowest BCUT2D eigenvalue weighted by Gasteiger charge is -2.37. The Morgan fingerprint density at radius 2 is 1.88 bits per heavy atom. The lowest BCUT2D eigenvalue weighted by molar-refractivity contribution is -0.133. The fourth-order valence-electron chi connectivity index (χ4n) is 2.09. The molecule has 17 heavy (non-hydrogen) atoms. The number of piperazine rings is 1. The third-order valence-corrected chi connectivity index (χ3v) is 2.92. The number of hydrogen-bond donors (Lipinski definition) is 2. The van der Waals surface area contributed by atoms with Crippen molar-refractivity contribution in [3.63, 3.8) is 0 Å². The van der Waals surface area contributed by atoms with E-state index in [1.165, 1.54) is 0 Å². The average Bonchev–Trinajstić information content (AvgIpc) is 2.24. The van der Waals surface area contributed by atoms with E-state index in [2.05, 4.69) is 10.2 Å². The van der Waals surface area contributed by atoms with E-state index in [0.717, 1.165) is 32.7 Å². The molecule has 5 heteroatoms. The Balaban J connectivity index is 2.28. The molecule has 1 aliphatic heterocycles. The molecular formula is C12H25N3O2. The highest BCUT2D eigenvalue weighted by atomic mass is 16.3. The zero-order valence-electron chi connectivity index (χ0n) is 11.2. The van der Waals surface area contributed by atoms with Gasteiger partial charge in [0.15, 0.2) is 0 Å². The first-order chi connectivity index (χ1) is 7.92. The topological polar surface area (TPSA) is 55.8 Å². The zero-order valence-corrected chi connectivity index (χ0v) is 11.2. The molecule has 1 amide bonds. The second-order valence-corrected chi connectivity index (χ2v) is 5.32. The molecule has 100 valence electrons. The lowest BCUT2D eigenvalue weighted by atomic mass is 10.1. The molecule has 1 rings (SSSR count). The number of carbonyl (C=O) groups is 1. The number of nitrogens with zero attached hydrogens (tertiary/aromatic N) is 2. The average molecular weight is 243 g/mol. The number of aliphatic hydroxyl groups is 1. The summed E-state index contributed by atoms with van der Waals surface area (Å²) in [6, 6.07) is 0. The van der Waals surface area contributed by atoms with Crippen LogP contribution in [-0.4, -0.2) is 72.7 Å². The Morgan fingerprint density at radius 1 is 1.29 bits per heavy atom. The summed E-state index contributed by atoms with van der Waals surface area (Å²) >= 11 is 0. The van der Waals surface area contributed by atoms with Gasteiger partial charge in [-0.1, -0.05) is 0 Å². The summed E-state index contributed by atoms with van der Waals surface area (Å²) in [6.45, 7) is 8.31. The van der Waals surface area contributed by atoms with Gasteiger partial charge in [0.1, 0.15) is 0 Å². The van der Waals surface area contributed by atoms with Crippen molar-refractivity contribution in [3.8, 4) is 0 Å². The first-order valence-electron chi connectivity index (χ1n) is 6.29. The number of hydrogen-bond acceptors (Lipinski definition) is 4. The van der Waals surface area contributed by atoms with Crippen molar-refractivity contribution < 1.29 is 9.90 Å². The van der Waals surface area contributed by atoms with E-state index < -0.39 is 5.60 Å². The monoisotopic (exact) mass is 243 g/mol. The van der Waals surface area contributed by atoms with Crippen molar-refractivity contribution in [1.29, 1.82) is 0 Å². The molecule has 0 aromatic heterocycles. The van der Waals surface area contributed by atoms with Crippen LogP contribution in [0.25, 0.3) is 0 Å². The molecule has 1 aliphatic rings. The summed E-state index contributed by atoms with van der Waals surface area (Å²) in [5.41, 5.74) is -0.654. The maximum Gasteiger partial charge on any atom is 0.223 e. The van der Waals surface area contributed by atoms with Gasteiger partial charge in [-0.05, 0) is 20.9 Å². The minimum absolute atomic E-state index is 0.224. The minimum atomic E-state index is -0.654. The summed E-state index contributed by atoms with van der Waals surface area (Å²) in [4.78, 5) is 15.9. The van der Waals surface area contributed by atoms with Crippen LogP contribution in [0.1, 0.15) is 20.3 Å². The van der Waals surface area contributed by atoms with Crippen LogP contribution in [0, 0.1) is 0 Å². The van der Waals surface area contributed by atoms with Crippen LogP contribution in [0.5, 0.6) is 0 Å². The maximum absolute atomic E-state index is 11.8. The van der Waals surface area contributed by atoms with Gasteiger partial charge in [-0.2, -0.15) is 0 Å². The molecule has 0 radical (unpaired) electrons. The van der Waals surface area contributed by atoms with Gasteiger partial charge in [-0.25, -0.2) is 0 Å². The molecule has 0 spiro atoms. The minimum Gasteiger partial charge on any atom is -0.389 e. The van der Waals surface area contributed by atoms with Crippen LogP contribution in [0.3, 0.4) is 0 Å². The zero-order chi connectivity index (χ0) is 12.9. The Morgan fingerprint density at radius 3 is 2.35 bits per heavy atom. The quantitative estimate of drug-likeness (QED) is 0.684. The summed E-state index contributed by atoms with van der Waals surface area (Å²) in [5.74, 6) is 0.224. The van der Waals surface area contributed by atoms with Crippen LogP contribution in [0.4, 0.5) is 0 Å². The SMILES string of the molecule is CNCCC(=O)N1CCN(CC(C)(C)O)CC1. The predicted molar refractivity (Wildman–Crippen MR) is 67.9 cm³/mol. The molecule has 0 atom stereocenters. The van der Waals surface area contributed by atoms with Crippen molar-refractivity contribution in [1.82, 2.24) is 15.1 Å². The molecule has 5 nitrogen and oxygen atoms in total. The predicted octanol–water partition coefficient (Wildman–Crippen LogP) is -0.489. The highest BCUT2D eigenvalue weighted by Crippen LogP contribution is 2.09. The Labute approximate surface area is 104 Å². The summed E-state index contributed by atoms with van der Waals surface area (Å²) in [6.07, 6.45) is 0.571. The van der Waals surface area contributed by atoms with Crippen LogP contribution in [0.15, 0.2) is 0 Å². The Hall–Kier alpha value is -0.650. The highest BCUT2D eigenvalue weighted by Gasteiger charge is 2.24. The van der Waals surface area contributed by atoms with E-state index in [4.69, 9.17) is 0 Å². The lowest BCUT2D eigenvalue weighted by Crippen LogP contribution is -2.52. The Kier molecular flexibility index (Phi) is 5.36. The van der Waals surface area contributed by atoms with Crippen molar-refractivity contribution in [2.45, 2.75) is 25.9 Å². The summed E-state index contributed by atoms with van der Waals surface area (Å²) < 4.78 is 0. The molecule has 0 bridgehead atoms. The van der Waals surface area contributed by atoms with Gasteiger partial charge in [0.25, 0.3) is 0 Å². The fraction of sp³-hybridized carbons (Fsp3) is 0.917. The summed E-state index contributed by atoms with van der Waals surface area (Å²) in [7, 11) is 1.86. The van der Waals surface area contributed by atoms with Crippen LogP contribution in [0.2, 0.25) is 0 Å². The van der Waals surface area contributed by atoms with Gasteiger partial charge in [0.2, 0.25) is 5.91 Å². The molecule has 0 aliphatic carbocycles. The van der Waals surface area contributed by atoms with Gasteiger partial charge in [0, 0.05) is 45.7 Å². The first-order valence-corrected chi connectivity index (χ1v) is 6.29. The molecule has 0 unspecified atom stereocenters. The first kappa shape index (κ1) is 14.4. The summed E-state index contributed by atoms with van der Waals surface area (Å²) in [5, 5.41) is 12.7. The number of rotatable bonds is 5. The van der Waals surface area contributed by atoms with Crippen LogP contribution >= 0.6 is 0 Å². The van der Waals surface area contributed by atoms with Gasteiger partial charge in [-0.3, -0.25) is 9.69 Å². The largest absolute Gasteiger partial charge is 0.389 e. The fourth-order valence-corrected chi connectivity index (χ4v) is 2.09. The molecule has 1 fully saturated rings. The van der Waals surface area contributed by atoms with Crippen LogP contribution < -0.4 is 5.32 Å². The normalized spacial score (nSPS) is 18.5. The van der Waals surface area contributed by atoms with Crippen LogP contribution in [-0.2, 0) is 4.79 Å². The van der Waals surface area contributed by atoms with E-state index in [0.29, 0.717) is 13.0 Å². The van der Waals surface area contributed by atoms with E-state index >= 15 is 0 Å². The van der Waals surface area contributed by atoms with E-state index in [9.17, 15) is 9.90 Å². The van der Waals surface area contributed by atoms with Gasteiger partial charge in [-0.15, -0.1) is 0 Å². The van der Waals surface area contributed by atoms with Gasteiger partial charge < -0.3 is 15.3 Å². The van der Waals surface area contributed by atoms with Crippen molar-refractivity contribution in [2.24, 2.45) is 0 Å². The third-order valence-electron chi connectivity index (χ3n) is 2.92. The van der Waals surface area contributed by atoms with E-state index in [-0.39, 0.29) is 5.91 Å². The molecular weight excluding hydrogens is 218 g/mol. The van der Waals surface area contributed by atoms with Crippen molar-refractivity contribution in [3.05, 3.63) is 0 Å². The number of nitrogens with one attached hydrogen (secondary N) is 1. The molecule has 1 saturated heterocycles.